The van der Waals surface area contributed by atoms with Gasteiger partial charge in [-0.15, -0.1) is 0 Å². The maximum atomic E-state index is 13.4. The molecule has 4 aromatic rings. The molecule has 1 aliphatic carbocycles. The van der Waals surface area contributed by atoms with Crippen molar-refractivity contribution in [2.75, 3.05) is 19.6 Å². The number of benzene rings is 3. The number of hydrogen-bond donors (Lipinski definition) is 1. The molecule has 1 spiro atoms. The number of halogens is 2. The summed E-state index contributed by atoms with van der Waals surface area (Å²) in [5, 5.41) is 4.44. The van der Waals surface area contributed by atoms with Gasteiger partial charge in [0.2, 0.25) is 0 Å². The largest absolute Gasteiger partial charge is 0.444 e. The van der Waals surface area contributed by atoms with Gasteiger partial charge in [0.1, 0.15) is 11.4 Å². The highest BCUT2D eigenvalue weighted by molar-refractivity contribution is 9.10. The average Bonchev–Trinajstić information content (AvgIpc) is 3.35. The Kier molecular flexibility index (Phi) is 10.7. The van der Waals surface area contributed by atoms with Gasteiger partial charge in [-0.05, 0) is 148 Å². The van der Waals surface area contributed by atoms with Crippen LogP contribution < -0.4 is 10.9 Å². The van der Waals surface area contributed by atoms with E-state index in [1.807, 2.05) is 57.2 Å². The molecule has 3 aliphatic rings. The van der Waals surface area contributed by atoms with Gasteiger partial charge >= 0.3 is 6.09 Å². The third-order valence-corrected chi connectivity index (χ3v) is 12.2. The van der Waals surface area contributed by atoms with E-state index < -0.39 is 5.60 Å². The van der Waals surface area contributed by atoms with E-state index in [9.17, 15) is 9.59 Å². The minimum absolute atomic E-state index is 0.113. The predicted octanol–water partition coefficient (Wildman–Crippen LogP) is 10.4. The van der Waals surface area contributed by atoms with Crippen LogP contribution >= 0.6 is 27.5 Å². The Morgan fingerprint density at radius 1 is 1.02 bits per heavy atom. The van der Waals surface area contributed by atoms with Crippen molar-refractivity contribution in [1.82, 2.24) is 19.8 Å². The van der Waals surface area contributed by atoms with Gasteiger partial charge in [-0.1, -0.05) is 74.0 Å². The number of amides is 1. The molecular formula is C42H50BrClN4O3. The van der Waals surface area contributed by atoms with Gasteiger partial charge in [-0.25, -0.2) is 4.79 Å². The molecule has 0 unspecified atom stereocenters. The van der Waals surface area contributed by atoms with Crippen molar-refractivity contribution in [3.63, 3.8) is 0 Å². The molecule has 0 bridgehead atoms. The summed E-state index contributed by atoms with van der Waals surface area (Å²) < 4.78 is 8.65. The summed E-state index contributed by atoms with van der Waals surface area (Å²) in [7, 11) is 0. The summed E-state index contributed by atoms with van der Waals surface area (Å²) in [6.45, 7) is 8.96. The maximum Gasteiger partial charge on any atom is 0.408 e. The van der Waals surface area contributed by atoms with Crippen LogP contribution in [-0.2, 0) is 10.2 Å². The van der Waals surface area contributed by atoms with Gasteiger partial charge in [0.25, 0.3) is 5.56 Å². The molecule has 2 fully saturated rings. The van der Waals surface area contributed by atoms with Crippen LogP contribution in [0.2, 0.25) is 5.02 Å². The average molecular weight is 774 g/mol. The van der Waals surface area contributed by atoms with E-state index in [-0.39, 0.29) is 23.1 Å². The van der Waals surface area contributed by atoms with Crippen LogP contribution in [-0.4, -0.2) is 45.8 Å². The number of unbranched alkanes of at least 4 members (excludes halogenated alkanes) is 2. The molecule has 1 atom stereocenters. The number of likely N-dealkylation sites (tertiary alicyclic amines) is 1. The molecule has 1 N–H and O–H groups in total. The number of alkyl carbamates (subject to hydrolysis) is 1. The van der Waals surface area contributed by atoms with Crippen LogP contribution in [0.5, 0.6) is 0 Å². The van der Waals surface area contributed by atoms with E-state index >= 15 is 0 Å². The summed E-state index contributed by atoms with van der Waals surface area (Å²) >= 11 is 9.77. The van der Waals surface area contributed by atoms with Gasteiger partial charge < -0.3 is 15.0 Å². The monoisotopic (exact) mass is 772 g/mol. The number of nitrogens with one attached hydrogen (secondary N) is 1. The maximum absolute atomic E-state index is 13.4. The van der Waals surface area contributed by atoms with E-state index in [1.54, 1.807) is 0 Å². The number of fused-ring (bicyclic) bond motifs is 7. The molecule has 1 saturated carbocycles. The molecule has 270 valence electrons. The highest BCUT2D eigenvalue weighted by Gasteiger charge is 2.46. The topological polar surface area (TPSA) is 76.5 Å². The van der Waals surface area contributed by atoms with Crippen molar-refractivity contribution < 1.29 is 9.53 Å². The SMILES string of the molecule is CC(C)(C)OC(=O)N[C@@H](CCCCCN1CCC(c2ccc3c(c2)C2(CCCCC2)c2nc(=O)c4c(Br)cccc4n2-3)CC1)c1ccc(Cl)cc1. The number of ether oxygens (including phenoxy) is 1. The van der Waals surface area contributed by atoms with Crippen molar-refractivity contribution in [1.29, 1.82) is 0 Å². The first-order valence-corrected chi connectivity index (χ1v) is 20.0. The Bertz CT molecular complexity index is 1940. The van der Waals surface area contributed by atoms with Crippen LogP contribution in [0.4, 0.5) is 4.79 Å². The summed E-state index contributed by atoms with van der Waals surface area (Å²) in [5.74, 6) is 1.48. The minimum Gasteiger partial charge on any atom is -0.444 e. The molecule has 3 heterocycles. The second-order valence-corrected chi connectivity index (χ2v) is 17.1. The zero-order valence-electron chi connectivity index (χ0n) is 30.2. The first-order valence-electron chi connectivity index (χ1n) is 18.9. The summed E-state index contributed by atoms with van der Waals surface area (Å²) in [4.78, 5) is 33.4. The predicted molar refractivity (Wildman–Crippen MR) is 209 cm³/mol. The zero-order chi connectivity index (χ0) is 35.8. The number of carbonyl (C=O) groups is 1. The quantitative estimate of drug-likeness (QED) is 0.171. The van der Waals surface area contributed by atoms with E-state index in [1.165, 1.54) is 23.2 Å². The molecule has 9 heteroatoms. The number of piperidine rings is 1. The van der Waals surface area contributed by atoms with Crippen molar-refractivity contribution in [2.45, 2.75) is 114 Å². The number of rotatable bonds is 9. The van der Waals surface area contributed by atoms with Gasteiger partial charge in [-0.2, -0.15) is 4.98 Å². The van der Waals surface area contributed by atoms with Gasteiger partial charge in [-0.3, -0.25) is 9.36 Å². The smallest absolute Gasteiger partial charge is 0.408 e. The highest BCUT2D eigenvalue weighted by Crippen LogP contribution is 2.52. The molecule has 1 saturated heterocycles. The van der Waals surface area contributed by atoms with Gasteiger partial charge in [0.15, 0.2) is 0 Å². The lowest BCUT2D eigenvalue weighted by molar-refractivity contribution is 0.0500. The number of carbonyl (C=O) groups excluding carboxylic acids is 1. The van der Waals surface area contributed by atoms with Gasteiger partial charge in [0.05, 0.1) is 28.0 Å². The first-order chi connectivity index (χ1) is 24.5. The molecular weight excluding hydrogens is 724 g/mol. The standard InChI is InChI=1S/C42H50BrClN4O3/c1-41(2,3)51-40(50)45-34(29-14-17-31(44)18-15-29)12-6-4-9-24-47-25-20-28(21-26-47)30-16-19-35-32(27-30)42(22-7-5-8-23-42)39-46-38(49)37-33(43)11-10-13-36(37)48(35)39/h10-11,13-19,27-28,34H,4-9,12,20-26H2,1-3H3,(H,45,50)/t34-/m0/s1. The Labute approximate surface area is 315 Å². The molecule has 1 aromatic heterocycles. The molecule has 7 rings (SSSR count). The van der Waals surface area contributed by atoms with Crippen molar-refractivity contribution >= 4 is 44.5 Å². The Balaban J connectivity index is 0.971. The third kappa shape index (κ3) is 7.65. The fraction of sp³-hybridized carbons (Fsp3) is 0.500. The van der Waals surface area contributed by atoms with E-state index in [2.05, 4.69) is 55.0 Å². The second-order valence-electron chi connectivity index (χ2n) is 15.8. The zero-order valence-corrected chi connectivity index (χ0v) is 32.5. The van der Waals surface area contributed by atoms with Gasteiger partial charge in [0, 0.05) is 9.50 Å². The Morgan fingerprint density at radius 3 is 2.49 bits per heavy atom. The lowest BCUT2D eigenvalue weighted by Gasteiger charge is -2.35. The molecule has 0 radical (unpaired) electrons. The third-order valence-electron chi connectivity index (χ3n) is 11.3. The van der Waals surface area contributed by atoms with Crippen molar-refractivity contribution in [3.05, 3.63) is 103 Å². The molecule has 1 amide bonds. The molecule has 3 aromatic carbocycles. The second kappa shape index (κ2) is 15.0. The lowest BCUT2D eigenvalue weighted by Crippen LogP contribution is -2.35. The molecule has 2 aliphatic heterocycles. The Morgan fingerprint density at radius 2 is 1.76 bits per heavy atom. The van der Waals surface area contributed by atoms with Crippen LogP contribution in [0.15, 0.2) is 69.9 Å². The van der Waals surface area contributed by atoms with Crippen molar-refractivity contribution in [2.24, 2.45) is 0 Å². The molecule has 51 heavy (non-hydrogen) atoms. The Hall–Kier alpha value is -3.20. The lowest BCUT2D eigenvalue weighted by atomic mass is 9.69. The number of hydrogen-bond acceptors (Lipinski definition) is 5. The van der Waals surface area contributed by atoms with E-state index in [0.29, 0.717) is 16.3 Å². The normalized spacial score (nSPS) is 18.1. The van der Waals surface area contributed by atoms with Crippen LogP contribution in [0.3, 0.4) is 0 Å². The molecule has 7 nitrogen and oxygen atoms in total. The highest BCUT2D eigenvalue weighted by atomic mass is 79.9. The van der Waals surface area contributed by atoms with E-state index in [4.69, 9.17) is 21.3 Å². The fourth-order valence-electron chi connectivity index (χ4n) is 8.76. The summed E-state index contributed by atoms with van der Waals surface area (Å²) in [6, 6.07) is 20.8. The van der Waals surface area contributed by atoms with Crippen LogP contribution in [0.25, 0.3) is 16.6 Å². The van der Waals surface area contributed by atoms with Crippen LogP contribution in [0, 0.1) is 0 Å². The van der Waals surface area contributed by atoms with Crippen LogP contribution in [0.1, 0.15) is 126 Å². The minimum atomic E-state index is -0.543. The summed E-state index contributed by atoms with van der Waals surface area (Å²) in [5.41, 5.74) is 5.14. The van der Waals surface area contributed by atoms with Crippen molar-refractivity contribution in [3.8, 4) is 5.69 Å². The fourth-order valence-corrected chi connectivity index (χ4v) is 9.42. The number of nitrogens with zero attached hydrogens (tertiary/aromatic N) is 3. The summed E-state index contributed by atoms with van der Waals surface area (Å²) in [6.07, 6.45) is 11.7. The first kappa shape index (κ1) is 36.2. The van der Waals surface area contributed by atoms with E-state index in [0.717, 1.165) is 105 Å². The number of aromatic nitrogens is 2.